The van der Waals surface area contributed by atoms with Crippen LogP contribution in [0.15, 0.2) is 36.0 Å². The number of amides is 1. The monoisotopic (exact) mass is 427 g/mol. The fourth-order valence-electron chi connectivity index (χ4n) is 3.54. The van der Waals surface area contributed by atoms with Crippen molar-refractivity contribution in [2.24, 2.45) is 7.05 Å². The Labute approximate surface area is 179 Å². The molecule has 0 spiro atoms. The Morgan fingerprint density at radius 3 is 2.57 bits per heavy atom. The molecule has 0 bridgehead atoms. The van der Waals surface area contributed by atoms with Crippen LogP contribution in [0.25, 0.3) is 10.6 Å². The van der Waals surface area contributed by atoms with E-state index in [9.17, 15) is 4.79 Å². The normalized spacial score (nSPS) is 14.7. The van der Waals surface area contributed by atoms with Gasteiger partial charge in [-0.1, -0.05) is 6.07 Å². The molecular weight excluding hydrogens is 402 g/mol. The van der Waals surface area contributed by atoms with E-state index in [2.05, 4.69) is 15.0 Å². The molecule has 0 saturated carbocycles. The summed E-state index contributed by atoms with van der Waals surface area (Å²) in [5, 5.41) is 6.82. The summed E-state index contributed by atoms with van der Waals surface area (Å²) >= 11 is 1.47. The van der Waals surface area contributed by atoms with Gasteiger partial charge in [-0.05, 0) is 17.7 Å². The van der Waals surface area contributed by atoms with Crippen molar-refractivity contribution in [1.82, 2.24) is 24.6 Å². The molecule has 4 rings (SSSR count). The van der Waals surface area contributed by atoms with E-state index in [0.29, 0.717) is 18.8 Å². The second-order valence-corrected chi connectivity index (χ2v) is 8.06. The van der Waals surface area contributed by atoms with Crippen molar-refractivity contribution < 1.29 is 14.3 Å². The summed E-state index contributed by atoms with van der Waals surface area (Å²) in [5.74, 6) is 1.45. The average Bonchev–Trinajstić information content (AvgIpc) is 3.43. The van der Waals surface area contributed by atoms with Crippen molar-refractivity contribution >= 4 is 17.2 Å². The molecule has 0 unspecified atom stereocenters. The standard InChI is InChI=1S/C21H25N5O3S/c1-24-13-16(11-22-24)20-23-17(14-30-20)21(27)26-8-6-25(7-9-26)12-15-4-5-18(28-2)19(10-15)29-3/h4-5,10-11,13-14H,6-9,12H2,1-3H3. The number of hydrogen-bond donors (Lipinski definition) is 0. The Hall–Kier alpha value is -2.91. The number of hydrogen-bond acceptors (Lipinski definition) is 7. The summed E-state index contributed by atoms with van der Waals surface area (Å²) in [4.78, 5) is 21.6. The third-order valence-electron chi connectivity index (χ3n) is 5.19. The van der Waals surface area contributed by atoms with Gasteiger partial charge in [-0.25, -0.2) is 4.98 Å². The highest BCUT2D eigenvalue weighted by Gasteiger charge is 2.24. The number of benzene rings is 1. The molecule has 1 fully saturated rings. The van der Waals surface area contributed by atoms with E-state index >= 15 is 0 Å². The minimum atomic E-state index is -0.00726. The van der Waals surface area contributed by atoms with E-state index in [1.54, 1.807) is 25.1 Å². The van der Waals surface area contributed by atoms with Gasteiger partial charge in [-0.2, -0.15) is 5.10 Å². The quantitative estimate of drug-likeness (QED) is 0.602. The molecule has 0 radical (unpaired) electrons. The maximum Gasteiger partial charge on any atom is 0.273 e. The Morgan fingerprint density at radius 1 is 1.13 bits per heavy atom. The molecule has 1 saturated heterocycles. The van der Waals surface area contributed by atoms with Gasteiger partial charge >= 0.3 is 0 Å². The molecule has 1 aliphatic rings. The maximum absolute atomic E-state index is 12.9. The number of nitrogens with zero attached hydrogens (tertiary/aromatic N) is 5. The molecule has 8 nitrogen and oxygen atoms in total. The number of aromatic nitrogens is 3. The largest absolute Gasteiger partial charge is 0.493 e. The number of methoxy groups -OCH3 is 2. The Balaban J connectivity index is 1.34. The van der Waals surface area contributed by atoms with Crippen LogP contribution in [0.5, 0.6) is 11.5 Å². The van der Waals surface area contributed by atoms with E-state index < -0.39 is 0 Å². The van der Waals surface area contributed by atoms with E-state index in [1.807, 2.05) is 41.7 Å². The second kappa shape index (κ2) is 8.85. The highest BCUT2D eigenvalue weighted by molar-refractivity contribution is 7.13. The van der Waals surface area contributed by atoms with E-state index in [4.69, 9.17) is 9.47 Å². The molecule has 3 aromatic rings. The molecule has 1 aromatic carbocycles. The Bertz CT molecular complexity index is 1020. The number of thiazole rings is 1. The van der Waals surface area contributed by atoms with Crippen molar-refractivity contribution in [1.29, 1.82) is 0 Å². The zero-order valence-electron chi connectivity index (χ0n) is 17.4. The first-order valence-corrected chi connectivity index (χ1v) is 10.6. The van der Waals surface area contributed by atoms with Crippen LogP contribution in [-0.2, 0) is 13.6 Å². The number of piperazine rings is 1. The summed E-state index contributed by atoms with van der Waals surface area (Å²) in [6.07, 6.45) is 3.67. The molecule has 1 amide bonds. The lowest BCUT2D eigenvalue weighted by atomic mass is 10.1. The molecule has 158 valence electrons. The molecule has 0 aliphatic carbocycles. The predicted octanol–water partition coefficient (Wildman–Crippen LogP) is 2.52. The van der Waals surface area contributed by atoms with Crippen molar-refractivity contribution in [2.45, 2.75) is 6.54 Å². The Kier molecular flexibility index (Phi) is 6.01. The summed E-state index contributed by atoms with van der Waals surface area (Å²) in [6.45, 7) is 3.82. The minimum absolute atomic E-state index is 0.00726. The zero-order chi connectivity index (χ0) is 21.1. The van der Waals surface area contributed by atoms with Gasteiger partial charge in [0, 0.05) is 56.9 Å². The number of aryl methyl sites for hydroxylation is 1. The van der Waals surface area contributed by atoms with Crippen LogP contribution in [0.1, 0.15) is 16.1 Å². The van der Waals surface area contributed by atoms with Crippen molar-refractivity contribution in [3.63, 3.8) is 0 Å². The van der Waals surface area contributed by atoms with Crippen molar-refractivity contribution in [2.75, 3.05) is 40.4 Å². The first-order valence-electron chi connectivity index (χ1n) is 9.74. The van der Waals surface area contributed by atoms with Gasteiger partial charge in [0.15, 0.2) is 11.5 Å². The molecule has 0 N–H and O–H groups in total. The second-order valence-electron chi connectivity index (χ2n) is 7.20. The van der Waals surface area contributed by atoms with E-state index in [1.165, 1.54) is 11.3 Å². The third kappa shape index (κ3) is 4.31. The van der Waals surface area contributed by atoms with Gasteiger partial charge in [0.05, 0.1) is 20.4 Å². The summed E-state index contributed by atoms with van der Waals surface area (Å²) < 4.78 is 12.4. The average molecular weight is 428 g/mol. The molecule has 30 heavy (non-hydrogen) atoms. The molecule has 3 heterocycles. The van der Waals surface area contributed by atoms with Crippen LogP contribution in [0.3, 0.4) is 0 Å². The lowest BCUT2D eigenvalue weighted by molar-refractivity contribution is 0.0623. The fourth-order valence-corrected chi connectivity index (χ4v) is 4.31. The van der Waals surface area contributed by atoms with Crippen LogP contribution in [0.4, 0.5) is 0 Å². The number of ether oxygens (including phenoxy) is 2. The highest BCUT2D eigenvalue weighted by atomic mass is 32.1. The fraction of sp³-hybridized carbons (Fsp3) is 0.381. The predicted molar refractivity (Wildman–Crippen MR) is 115 cm³/mol. The van der Waals surface area contributed by atoms with Gasteiger partial charge in [0.25, 0.3) is 5.91 Å². The molecule has 0 atom stereocenters. The summed E-state index contributed by atoms with van der Waals surface area (Å²) in [5.41, 5.74) is 2.60. The van der Waals surface area contributed by atoms with Crippen LogP contribution in [0.2, 0.25) is 0 Å². The third-order valence-corrected chi connectivity index (χ3v) is 6.08. The van der Waals surface area contributed by atoms with Crippen LogP contribution in [0, 0.1) is 0 Å². The van der Waals surface area contributed by atoms with Crippen LogP contribution in [-0.4, -0.2) is 70.9 Å². The topological polar surface area (TPSA) is 72.7 Å². The molecule has 9 heteroatoms. The lowest BCUT2D eigenvalue weighted by Crippen LogP contribution is -2.48. The Morgan fingerprint density at radius 2 is 1.90 bits per heavy atom. The van der Waals surface area contributed by atoms with Gasteiger partial charge in [0.2, 0.25) is 0 Å². The summed E-state index contributed by atoms with van der Waals surface area (Å²) in [7, 11) is 5.14. The van der Waals surface area contributed by atoms with Crippen molar-refractivity contribution in [3.8, 4) is 22.1 Å². The molecule has 1 aliphatic heterocycles. The first-order chi connectivity index (χ1) is 14.6. The highest BCUT2D eigenvalue weighted by Crippen LogP contribution is 2.28. The van der Waals surface area contributed by atoms with Gasteiger partial charge < -0.3 is 14.4 Å². The SMILES string of the molecule is COc1ccc(CN2CCN(C(=O)c3csc(-c4cnn(C)c4)n3)CC2)cc1OC. The van der Waals surface area contributed by atoms with Gasteiger partial charge in [-0.15, -0.1) is 11.3 Å². The number of carbonyl (C=O) groups excluding carboxylic acids is 1. The zero-order valence-corrected chi connectivity index (χ0v) is 18.2. The van der Waals surface area contributed by atoms with Gasteiger partial charge in [0.1, 0.15) is 10.7 Å². The van der Waals surface area contributed by atoms with E-state index in [0.717, 1.165) is 47.3 Å². The van der Waals surface area contributed by atoms with Crippen molar-refractivity contribution in [3.05, 3.63) is 47.2 Å². The maximum atomic E-state index is 12.9. The van der Waals surface area contributed by atoms with E-state index in [-0.39, 0.29) is 5.91 Å². The minimum Gasteiger partial charge on any atom is -0.493 e. The van der Waals surface area contributed by atoms with Crippen LogP contribution < -0.4 is 9.47 Å². The molecule has 2 aromatic heterocycles. The summed E-state index contributed by atoms with van der Waals surface area (Å²) in [6, 6.07) is 5.98. The smallest absolute Gasteiger partial charge is 0.273 e. The molecular formula is C21H25N5O3S. The number of rotatable bonds is 6. The lowest BCUT2D eigenvalue weighted by Gasteiger charge is -2.34. The number of carbonyl (C=O) groups is 1. The van der Waals surface area contributed by atoms with Gasteiger partial charge in [-0.3, -0.25) is 14.4 Å². The first kappa shape index (κ1) is 20.4. The van der Waals surface area contributed by atoms with Crippen LogP contribution >= 0.6 is 11.3 Å².